The zero-order valence-electron chi connectivity index (χ0n) is 8.01. The van der Waals surface area contributed by atoms with Crippen LogP contribution in [-0.2, 0) is 9.53 Å². The normalized spacial score (nSPS) is 28.8. The van der Waals surface area contributed by atoms with Crippen LogP contribution in [0.4, 0.5) is 0 Å². The molecule has 1 aliphatic carbocycles. The molecule has 0 aromatic heterocycles. The van der Waals surface area contributed by atoms with Gasteiger partial charge in [-0.25, -0.2) is 0 Å². The van der Waals surface area contributed by atoms with Gasteiger partial charge in [-0.05, 0) is 31.6 Å². The minimum atomic E-state index is -0.0174. The Morgan fingerprint density at radius 3 is 2.75 bits per heavy atom. The van der Waals surface area contributed by atoms with E-state index >= 15 is 0 Å². The van der Waals surface area contributed by atoms with Crippen molar-refractivity contribution in [3.8, 4) is 0 Å². The summed E-state index contributed by atoms with van der Waals surface area (Å²) in [4.78, 5) is 11.1. The van der Waals surface area contributed by atoms with E-state index in [1.165, 1.54) is 12.8 Å². The van der Waals surface area contributed by atoms with Gasteiger partial charge in [-0.15, -0.1) is 0 Å². The first-order valence-corrected chi connectivity index (χ1v) is 4.93. The molecule has 12 heavy (non-hydrogen) atoms. The second-order valence-corrected chi connectivity index (χ2v) is 3.69. The summed E-state index contributed by atoms with van der Waals surface area (Å²) >= 11 is 0. The standard InChI is InChI=1S/C10H18O2/c1-3-5-10(11)12-9-7-4-6-8(9)2/h8-9H,3-7H2,1-2H3. The van der Waals surface area contributed by atoms with Crippen molar-refractivity contribution in [2.75, 3.05) is 0 Å². The first kappa shape index (κ1) is 9.56. The quantitative estimate of drug-likeness (QED) is 0.608. The minimum Gasteiger partial charge on any atom is -0.462 e. The lowest BCUT2D eigenvalue weighted by atomic mass is 10.1. The fourth-order valence-electron chi connectivity index (χ4n) is 1.72. The summed E-state index contributed by atoms with van der Waals surface area (Å²) in [6, 6.07) is 0. The van der Waals surface area contributed by atoms with Crippen LogP contribution in [0.2, 0.25) is 0 Å². The molecule has 0 N–H and O–H groups in total. The van der Waals surface area contributed by atoms with E-state index in [-0.39, 0.29) is 12.1 Å². The summed E-state index contributed by atoms with van der Waals surface area (Å²) in [5.74, 6) is 0.557. The molecule has 0 aromatic carbocycles. The van der Waals surface area contributed by atoms with E-state index in [1.54, 1.807) is 0 Å². The lowest BCUT2D eigenvalue weighted by Crippen LogP contribution is -2.19. The molecule has 0 heterocycles. The van der Waals surface area contributed by atoms with Gasteiger partial charge in [-0.2, -0.15) is 0 Å². The molecule has 1 fully saturated rings. The number of carbonyl (C=O) groups is 1. The molecule has 0 aliphatic heterocycles. The summed E-state index contributed by atoms with van der Waals surface area (Å²) in [5.41, 5.74) is 0. The molecular formula is C10H18O2. The number of ether oxygens (including phenoxy) is 1. The van der Waals surface area contributed by atoms with E-state index in [2.05, 4.69) is 6.92 Å². The Hall–Kier alpha value is -0.530. The zero-order valence-corrected chi connectivity index (χ0v) is 8.01. The molecule has 0 saturated heterocycles. The molecule has 0 aromatic rings. The monoisotopic (exact) mass is 170 g/mol. The molecule has 2 nitrogen and oxygen atoms in total. The van der Waals surface area contributed by atoms with Crippen LogP contribution in [0, 0.1) is 5.92 Å². The van der Waals surface area contributed by atoms with Crippen LogP contribution in [0.15, 0.2) is 0 Å². The van der Waals surface area contributed by atoms with Gasteiger partial charge in [0.1, 0.15) is 6.10 Å². The fourth-order valence-corrected chi connectivity index (χ4v) is 1.72. The molecule has 1 aliphatic rings. The average Bonchev–Trinajstić information content (AvgIpc) is 2.37. The number of rotatable bonds is 3. The van der Waals surface area contributed by atoms with Crippen molar-refractivity contribution in [3.05, 3.63) is 0 Å². The van der Waals surface area contributed by atoms with E-state index in [1.807, 2.05) is 6.92 Å². The van der Waals surface area contributed by atoms with Crippen molar-refractivity contribution in [1.82, 2.24) is 0 Å². The van der Waals surface area contributed by atoms with E-state index in [0.29, 0.717) is 12.3 Å². The third-order valence-corrected chi connectivity index (χ3v) is 2.52. The van der Waals surface area contributed by atoms with Crippen LogP contribution in [0.3, 0.4) is 0 Å². The highest BCUT2D eigenvalue weighted by molar-refractivity contribution is 5.69. The van der Waals surface area contributed by atoms with Crippen molar-refractivity contribution in [3.63, 3.8) is 0 Å². The van der Waals surface area contributed by atoms with E-state index in [0.717, 1.165) is 12.8 Å². The van der Waals surface area contributed by atoms with Crippen LogP contribution in [0.1, 0.15) is 46.0 Å². The predicted octanol–water partition coefficient (Wildman–Crippen LogP) is 2.52. The van der Waals surface area contributed by atoms with Gasteiger partial charge >= 0.3 is 5.97 Å². The first-order valence-electron chi connectivity index (χ1n) is 4.93. The van der Waals surface area contributed by atoms with Crippen LogP contribution in [-0.4, -0.2) is 12.1 Å². The summed E-state index contributed by atoms with van der Waals surface area (Å²) in [5, 5.41) is 0. The second-order valence-electron chi connectivity index (χ2n) is 3.69. The third-order valence-electron chi connectivity index (χ3n) is 2.52. The first-order chi connectivity index (χ1) is 5.74. The summed E-state index contributed by atoms with van der Waals surface area (Å²) < 4.78 is 5.33. The van der Waals surface area contributed by atoms with Crippen LogP contribution >= 0.6 is 0 Å². The van der Waals surface area contributed by atoms with Gasteiger partial charge < -0.3 is 4.74 Å². The maximum Gasteiger partial charge on any atom is 0.306 e. The summed E-state index contributed by atoms with van der Waals surface area (Å²) in [7, 11) is 0. The summed E-state index contributed by atoms with van der Waals surface area (Å²) in [6.45, 7) is 4.16. The van der Waals surface area contributed by atoms with Gasteiger partial charge in [0.05, 0.1) is 0 Å². The smallest absolute Gasteiger partial charge is 0.306 e. The number of hydrogen-bond donors (Lipinski definition) is 0. The summed E-state index contributed by atoms with van der Waals surface area (Å²) in [6.07, 6.45) is 5.17. The Bertz CT molecular complexity index is 154. The van der Waals surface area contributed by atoms with Crippen molar-refractivity contribution in [1.29, 1.82) is 0 Å². The molecular weight excluding hydrogens is 152 g/mol. The van der Waals surface area contributed by atoms with Crippen molar-refractivity contribution < 1.29 is 9.53 Å². The van der Waals surface area contributed by atoms with Gasteiger partial charge in [0.15, 0.2) is 0 Å². The molecule has 2 unspecified atom stereocenters. The molecule has 70 valence electrons. The Morgan fingerprint density at radius 2 is 2.25 bits per heavy atom. The van der Waals surface area contributed by atoms with Crippen LogP contribution in [0.25, 0.3) is 0 Å². The number of hydrogen-bond acceptors (Lipinski definition) is 2. The maximum absolute atomic E-state index is 11.1. The van der Waals surface area contributed by atoms with Gasteiger partial charge in [0.25, 0.3) is 0 Å². The lowest BCUT2D eigenvalue weighted by Gasteiger charge is -2.15. The highest BCUT2D eigenvalue weighted by atomic mass is 16.5. The van der Waals surface area contributed by atoms with Crippen molar-refractivity contribution >= 4 is 5.97 Å². The Labute approximate surface area is 74.3 Å². The van der Waals surface area contributed by atoms with Gasteiger partial charge in [0, 0.05) is 6.42 Å². The lowest BCUT2D eigenvalue weighted by molar-refractivity contribution is -0.150. The SMILES string of the molecule is CCCC(=O)OC1CCCC1C. The Balaban J connectivity index is 2.25. The molecule has 1 saturated carbocycles. The molecule has 0 spiro atoms. The van der Waals surface area contributed by atoms with Gasteiger partial charge in [-0.3, -0.25) is 4.79 Å². The Kier molecular flexibility index (Phi) is 3.57. The van der Waals surface area contributed by atoms with E-state index < -0.39 is 0 Å². The number of carbonyl (C=O) groups excluding carboxylic acids is 1. The topological polar surface area (TPSA) is 26.3 Å². The third kappa shape index (κ3) is 2.50. The number of esters is 1. The zero-order chi connectivity index (χ0) is 8.97. The molecule has 1 rings (SSSR count). The highest BCUT2D eigenvalue weighted by Crippen LogP contribution is 2.27. The Morgan fingerprint density at radius 1 is 1.50 bits per heavy atom. The van der Waals surface area contributed by atoms with E-state index in [9.17, 15) is 4.79 Å². The molecule has 2 heteroatoms. The molecule has 0 radical (unpaired) electrons. The molecule has 0 amide bonds. The van der Waals surface area contributed by atoms with E-state index in [4.69, 9.17) is 4.74 Å². The average molecular weight is 170 g/mol. The largest absolute Gasteiger partial charge is 0.462 e. The minimum absolute atomic E-state index is 0.0174. The van der Waals surface area contributed by atoms with Gasteiger partial charge in [-0.1, -0.05) is 13.8 Å². The van der Waals surface area contributed by atoms with Crippen LogP contribution in [0.5, 0.6) is 0 Å². The van der Waals surface area contributed by atoms with Crippen molar-refractivity contribution in [2.24, 2.45) is 5.92 Å². The second kappa shape index (κ2) is 4.48. The molecule has 2 atom stereocenters. The predicted molar refractivity (Wildman–Crippen MR) is 47.8 cm³/mol. The van der Waals surface area contributed by atoms with Gasteiger partial charge in [0.2, 0.25) is 0 Å². The fraction of sp³-hybridized carbons (Fsp3) is 0.900. The molecule has 0 bridgehead atoms. The van der Waals surface area contributed by atoms with Crippen LogP contribution < -0.4 is 0 Å². The maximum atomic E-state index is 11.1. The highest BCUT2D eigenvalue weighted by Gasteiger charge is 2.26. The van der Waals surface area contributed by atoms with Crippen molar-refractivity contribution in [2.45, 2.75) is 52.1 Å².